The molecule has 1 aromatic heterocycles. The largest absolute Gasteiger partial charge is 0.477 e. The number of hydrogen-bond acceptors (Lipinski definition) is 5. The average molecular weight is 376 g/mol. The summed E-state index contributed by atoms with van der Waals surface area (Å²) in [6, 6.07) is 7.35. The predicted octanol–water partition coefficient (Wildman–Crippen LogP) is 2.75. The van der Waals surface area contributed by atoms with Crippen LogP contribution in [0.4, 0.5) is 10.1 Å². The van der Waals surface area contributed by atoms with Gasteiger partial charge in [0.05, 0.1) is 10.6 Å². The quantitative estimate of drug-likeness (QED) is 0.831. The predicted molar refractivity (Wildman–Crippen MR) is 95.8 cm³/mol. The Bertz CT molecular complexity index is 872. The number of piperazine rings is 1. The molecule has 0 saturated carbocycles. The van der Waals surface area contributed by atoms with Crippen molar-refractivity contribution in [1.82, 2.24) is 4.90 Å². The molecule has 0 aliphatic carbocycles. The Morgan fingerprint density at radius 3 is 2.23 bits per heavy atom. The number of ketones is 1. The van der Waals surface area contributed by atoms with Gasteiger partial charge in [-0.25, -0.2) is 9.18 Å². The van der Waals surface area contributed by atoms with Gasteiger partial charge in [-0.15, -0.1) is 11.3 Å². The van der Waals surface area contributed by atoms with Gasteiger partial charge in [-0.2, -0.15) is 0 Å². The van der Waals surface area contributed by atoms with Gasteiger partial charge in [0.15, 0.2) is 5.78 Å². The number of aromatic carboxylic acids is 1. The summed E-state index contributed by atoms with van der Waals surface area (Å²) in [4.78, 5) is 38.7. The number of hydrogen-bond donors (Lipinski definition) is 1. The van der Waals surface area contributed by atoms with Crippen molar-refractivity contribution in [3.63, 3.8) is 0 Å². The highest BCUT2D eigenvalue weighted by Gasteiger charge is 2.25. The molecule has 2 aromatic rings. The molecule has 136 valence electrons. The van der Waals surface area contributed by atoms with Crippen LogP contribution in [0.5, 0.6) is 0 Å². The lowest BCUT2D eigenvalue weighted by Crippen LogP contribution is -2.48. The van der Waals surface area contributed by atoms with Crippen LogP contribution in [0.15, 0.2) is 30.3 Å². The van der Waals surface area contributed by atoms with Crippen molar-refractivity contribution in [2.24, 2.45) is 0 Å². The number of carboxylic acid groups (broad SMARTS) is 1. The van der Waals surface area contributed by atoms with Crippen molar-refractivity contribution in [3.05, 3.63) is 51.5 Å². The normalized spacial score (nSPS) is 14.4. The van der Waals surface area contributed by atoms with E-state index in [9.17, 15) is 18.8 Å². The second-order valence-electron chi connectivity index (χ2n) is 5.97. The molecule has 0 spiro atoms. The van der Waals surface area contributed by atoms with Crippen LogP contribution < -0.4 is 4.90 Å². The molecule has 3 rings (SSSR count). The number of carbonyl (C=O) groups is 3. The minimum atomic E-state index is -1.05. The second kappa shape index (κ2) is 7.25. The number of halogens is 1. The molecule has 2 heterocycles. The van der Waals surface area contributed by atoms with Crippen molar-refractivity contribution in [3.8, 4) is 0 Å². The third-order valence-corrected chi connectivity index (χ3v) is 5.35. The molecule has 1 aliphatic rings. The lowest BCUT2D eigenvalue weighted by atomic mass is 10.1. The van der Waals surface area contributed by atoms with Crippen molar-refractivity contribution in [2.75, 3.05) is 31.1 Å². The zero-order chi connectivity index (χ0) is 18.8. The first-order valence-electron chi connectivity index (χ1n) is 8.04. The number of carbonyl (C=O) groups excluding carboxylic acids is 2. The maximum Gasteiger partial charge on any atom is 0.345 e. The Labute approximate surface area is 153 Å². The molecular formula is C18H17FN2O4S. The van der Waals surface area contributed by atoms with E-state index in [1.807, 2.05) is 4.90 Å². The Balaban J connectivity index is 1.66. The van der Waals surface area contributed by atoms with Crippen LogP contribution in [0.2, 0.25) is 0 Å². The van der Waals surface area contributed by atoms with E-state index in [-0.39, 0.29) is 16.6 Å². The molecule has 26 heavy (non-hydrogen) atoms. The summed E-state index contributed by atoms with van der Waals surface area (Å²) in [5.74, 6) is -1.91. The third-order valence-electron chi connectivity index (χ3n) is 4.29. The average Bonchev–Trinajstić information content (AvgIpc) is 3.11. The summed E-state index contributed by atoms with van der Waals surface area (Å²) in [5, 5.41) is 8.95. The summed E-state index contributed by atoms with van der Waals surface area (Å²) in [6.07, 6.45) is 0. The van der Waals surface area contributed by atoms with Gasteiger partial charge < -0.3 is 14.9 Å². The number of benzene rings is 1. The summed E-state index contributed by atoms with van der Waals surface area (Å²) in [7, 11) is 0. The van der Waals surface area contributed by atoms with E-state index in [1.54, 1.807) is 17.0 Å². The molecule has 0 atom stereocenters. The number of anilines is 1. The van der Waals surface area contributed by atoms with Crippen LogP contribution in [-0.2, 0) is 0 Å². The maximum atomic E-state index is 14.3. The van der Waals surface area contributed by atoms with Crippen LogP contribution in [0.1, 0.15) is 36.6 Å². The molecular weight excluding hydrogens is 359 g/mol. The van der Waals surface area contributed by atoms with E-state index in [2.05, 4.69) is 0 Å². The van der Waals surface area contributed by atoms with E-state index < -0.39 is 11.8 Å². The molecule has 1 N–H and O–H groups in total. The molecule has 1 aromatic carbocycles. The van der Waals surface area contributed by atoms with Crippen LogP contribution >= 0.6 is 11.3 Å². The van der Waals surface area contributed by atoms with E-state index in [4.69, 9.17) is 5.11 Å². The van der Waals surface area contributed by atoms with Gasteiger partial charge in [0.25, 0.3) is 5.91 Å². The van der Waals surface area contributed by atoms with Gasteiger partial charge in [0.1, 0.15) is 10.7 Å². The van der Waals surface area contributed by atoms with Crippen molar-refractivity contribution < 1.29 is 23.9 Å². The van der Waals surface area contributed by atoms with E-state index in [1.165, 1.54) is 25.1 Å². The molecule has 1 amide bonds. The van der Waals surface area contributed by atoms with E-state index >= 15 is 0 Å². The summed E-state index contributed by atoms with van der Waals surface area (Å²) in [6.45, 7) is 3.12. The molecule has 1 fully saturated rings. The fourth-order valence-corrected chi connectivity index (χ4v) is 3.67. The topological polar surface area (TPSA) is 77.9 Å². The fraction of sp³-hybridized carbons (Fsp3) is 0.278. The number of thiophene rings is 1. The van der Waals surface area contributed by atoms with E-state index in [0.717, 1.165) is 11.3 Å². The molecule has 1 saturated heterocycles. The minimum absolute atomic E-state index is 0.125. The van der Waals surface area contributed by atoms with Crippen molar-refractivity contribution >= 4 is 34.7 Å². The summed E-state index contributed by atoms with van der Waals surface area (Å²) >= 11 is 0.950. The van der Waals surface area contributed by atoms with Gasteiger partial charge in [-0.1, -0.05) is 0 Å². The number of carboxylic acids is 1. The highest BCUT2D eigenvalue weighted by molar-refractivity contribution is 7.15. The van der Waals surface area contributed by atoms with E-state index in [0.29, 0.717) is 42.3 Å². The number of amides is 1. The van der Waals surface area contributed by atoms with Gasteiger partial charge in [0, 0.05) is 31.7 Å². The number of nitrogens with zero attached hydrogens (tertiary/aromatic N) is 2. The maximum absolute atomic E-state index is 14.3. The Morgan fingerprint density at radius 2 is 1.69 bits per heavy atom. The van der Waals surface area contributed by atoms with Crippen LogP contribution in [0.25, 0.3) is 0 Å². The van der Waals surface area contributed by atoms with Crippen LogP contribution in [-0.4, -0.2) is 53.8 Å². The molecule has 1 aliphatic heterocycles. The zero-order valence-corrected chi connectivity index (χ0v) is 14.9. The SMILES string of the molecule is CC(=O)c1ccc(N2CCN(C(=O)c3ccc(C(=O)O)s3)CC2)c(F)c1. The highest BCUT2D eigenvalue weighted by atomic mass is 32.1. The zero-order valence-electron chi connectivity index (χ0n) is 14.1. The molecule has 0 bridgehead atoms. The smallest absolute Gasteiger partial charge is 0.345 e. The number of Topliss-reactive ketones (excluding diaryl/α,β-unsaturated/α-hetero) is 1. The number of rotatable bonds is 4. The third kappa shape index (κ3) is 3.60. The molecule has 0 unspecified atom stereocenters. The Hall–Kier alpha value is -2.74. The first-order valence-corrected chi connectivity index (χ1v) is 8.86. The van der Waals surface area contributed by atoms with Crippen molar-refractivity contribution in [2.45, 2.75) is 6.92 Å². The summed E-state index contributed by atoms with van der Waals surface area (Å²) in [5.41, 5.74) is 0.735. The Kier molecular flexibility index (Phi) is 5.03. The first kappa shape index (κ1) is 18.1. The van der Waals surface area contributed by atoms with Crippen molar-refractivity contribution in [1.29, 1.82) is 0 Å². The molecule has 8 heteroatoms. The molecule has 6 nitrogen and oxygen atoms in total. The lowest BCUT2D eigenvalue weighted by Gasteiger charge is -2.36. The highest BCUT2D eigenvalue weighted by Crippen LogP contribution is 2.24. The van der Waals surface area contributed by atoms with Gasteiger partial charge in [-0.05, 0) is 37.3 Å². The molecule has 0 radical (unpaired) electrons. The standard InChI is InChI=1S/C18H17FN2O4S/c1-11(22)12-2-3-14(13(19)10-12)20-6-8-21(9-7-20)17(23)15-4-5-16(26-15)18(24)25/h2-5,10H,6-9H2,1H3,(H,24,25). The Morgan fingerprint density at radius 1 is 1.04 bits per heavy atom. The fourth-order valence-electron chi connectivity index (χ4n) is 2.86. The summed E-state index contributed by atoms with van der Waals surface area (Å²) < 4.78 is 14.3. The lowest BCUT2D eigenvalue weighted by molar-refractivity contribution is 0.0701. The first-order chi connectivity index (χ1) is 12.4. The second-order valence-corrected chi connectivity index (χ2v) is 7.05. The van der Waals surface area contributed by atoms with Gasteiger partial charge >= 0.3 is 5.97 Å². The van der Waals surface area contributed by atoms with Gasteiger partial charge in [0.2, 0.25) is 0 Å². The van der Waals surface area contributed by atoms with Crippen LogP contribution in [0, 0.1) is 5.82 Å². The van der Waals surface area contributed by atoms with Gasteiger partial charge in [-0.3, -0.25) is 9.59 Å². The minimum Gasteiger partial charge on any atom is -0.477 e. The van der Waals surface area contributed by atoms with Crippen LogP contribution in [0.3, 0.4) is 0 Å². The monoisotopic (exact) mass is 376 g/mol.